The van der Waals surface area contributed by atoms with Crippen molar-refractivity contribution in [1.29, 1.82) is 0 Å². The quantitative estimate of drug-likeness (QED) is 0.914. The largest absolute Gasteiger partial charge is 0.378 e. The van der Waals surface area contributed by atoms with Crippen LogP contribution in [-0.4, -0.2) is 35.7 Å². The first kappa shape index (κ1) is 13.8. The SMILES string of the molecule is Brc1cccc(CNc2nc(N3CCOCC3)ns2)c1. The van der Waals surface area contributed by atoms with Crippen LogP contribution in [0.25, 0.3) is 0 Å². The number of ether oxygens (including phenoxy) is 1. The van der Waals surface area contributed by atoms with Crippen molar-refractivity contribution < 1.29 is 4.74 Å². The Morgan fingerprint density at radius 3 is 3.00 bits per heavy atom. The Labute approximate surface area is 130 Å². The average Bonchev–Trinajstić information content (AvgIpc) is 2.95. The molecule has 1 aliphatic rings. The van der Waals surface area contributed by atoms with E-state index in [1.807, 2.05) is 12.1 Å². The van der Waals surface area contributed by atoms with Gasteiger partial charge >= 0.3 is 0 Å². The Kier molecular flexibility index (Phi) is 4.49. The number of hydrogen-bond acceptors (Lipinski definition) is 6. The first-order valence-corrected chi connectivity index (χ1v) is 8.02. The highest BCUT2D eigenvalue weighted by Gasteiger charge is 2.15. The first-order valence-electron chi connectivity index (χ1n) is 6.46. The van der Waals surface area contributed by atoms with Crippen molar-refractivity contribution in [3.63, 3.8) is 0 Å². The molecular formula is C13H15BrN4OS. The second kappa shape index (κ2) is 6.51. The van der Waals surface area contributed by atoms with Crippen LogP contribution in [-0.2, 0) is 11.3 Å². The fourth-order valence-corrected chi connectivity index (χ4v) is 3.03. The molecule has 0 radical (unpaired) electrons. The molecule has 0 bridgehead atoms. The highest BCUT2D eigenvalue weighted by atomic mass is 79.9. The lowest BCUT2D eigenvalue weighted by Crippen LogP contribution is -2.36. The molecule has 0 amide bonds. The zero-order valence-corrected chi connectivity index (χ0v) is 13.3. The van der Waals surface area contributed by atoms with Gasteiger partial charge in [-0.05, 0) is 17.7 Å². The molecule has 1 aromatic heterocycles. The van der Waals surface area contributed by atoms with Crippen molar-refractivity contribution in [2.45, 2.75) is 6.54 Å². The van der Waals surface area contributed by atoms with Gasteiger partial charge in [0.15, 0.2) is 0 Å². The van der Waals surface area contributed by atoms with E-state index in [9.17, 15) is 0 Å². The molecule has 1 aliphatic heterocycles. The number of aromatic nitrogens is 2. The molecule has 0 saturated carbocycles. The van der Waals surface area contributed by atoms with Gasteiger partial charge in [0.25, 0.3) is 0 Å². The summed E-state index contributed by atoms with van der Waals surface area (Å²) in [6.07, 6.45) is 0. The van der Waals surface area contributed by atoms with Crippen molar-refractivity contribution in [1.82, 2.24) is 9.36 Å². The zero-order valence-electron chi connectivity index (χ0n) is 10.9. The molecule has 0 atom stereocenters. The highest BCUT2D eigenvalue weighted by molar-refractivity contribution is 9.10. The molecule has 0 spiro atoms. The maximum absolute atomic E-state index is 5.33. The van der Waals surface area contributed by atoms with E-state index in [1.54, 1.807) is 0 Å². The maximum Gasteiger partial charge on any atom is 0.239 e. The van der Waals surface area contributed by atoms with E-state index in [0.29, 0.717) is 0 Å². The van der Waals surface area contributed by atoms with Crippen LogP contribution in [0.4, 0.5) is 11.1 Å². The standard InChI is InChI=1S/C13H15BrN4OS/c14-11-3-1-2-10(8-11)9-15-13-16-12(17-20-13)18-4-6-19-7-5-18/h1-3,8H,4-7,9H2,(H,15,16,17). The van der Waals surface area contributed by atoms with Crippen molar-refractivity contribution in [2.75, 3.05) is 36.5 Å². The second-order valence-corrected chi connectivity index (χ2v) is 6.15. The van der Waals surface area contributed by atoms with Gasteiger partial charge in [0.05, 0.1) is 13.2 Å². The zero-order chi connectivity index (χ0) is 13.8. The molecule has 7 heteroatoms. The summed E-state index contributed by atoms with van der Waals surface area (Å²) in [4.78, 5) is 6.68. The van der Waals surface area contributed by atoms with E-state index < -0.39 is 0 Å². The van der Waals surface area contributed by atoms with E-state index in [4.69, 9.17) is 4.74 Å². The van der Waals surface area contributed by atoms with Gasteiger partial charge in [0.1, 0.15) is 0 Å². The van der Waals surface area contributed by atoms with Crippen LogP contribution in [0.3, 0.4) is 0 Å². The molecule has 106 valence electrons. The van der Waals surface area contributed by atoms with Gasteiger partial charge in [0, 0.05) is 35.6 Å². The molecule has 2 aromatic rings. The third-order valence-electron chi connectivity index (χ3n) is 3.04. The summed E-state index contributed by atoms with van der Waals surface area (Å²) in [5.41, 5.74) is 1.21. The minimum absolute atomic E-state index is 0.747. The Balaban J connectivity index is 1.59. The number of nitrogens with one attached hydrogen (secondary N) is 1. The first-order chi connectivity index (χ1) is 9.81. The average molecular weight is 355 g/mol. The van der Waals surface area contributed by atoms with Crippen LogP contribution in [0.5, 0.6) is 0 Å². The third-order valence-corrected chi connectivity index (χ3v) is 4.20. The number of nitrogens with zero attached hydrogens (tertiary/aromatic N) is 3. The predicted octanol–water partition coefficient (Wildman–Crippen LogP) is 2.75. The maximum atomic E-state index is 5.33. The monoisotopic (exact) mass is 354 g/mol. The Morgan fingerprint density at radius 1 is 1.35 bits per heavy atom. The topological polar surface area (TPSA) is 50.3 Å². The number of morpholine rings is 1. The van der Waals surface area contributed by atoms with Crippen LogP contribution >= 0.6 is 27.5 Å². The second-order valence-electron chi connectivity index (χ2n) is 4.48. The summed E-state index contributed by atoms with van der Waals surface area (Å²) < 4.78 is 10.8. The lowest BCUT2D eigenvalue weighted by Gasteiger charge is -2.25. The molecule has 1 N–H and O–H groups in total. The fourth-order valence-electron chi connectivity index (χ4n) is 2.00. The van der Waals surface area contributed by atoms with E-state index in [2.05, 4.69) is 47.6 Å². The summed E-state index contributed by atoms with van der Waals surface area (Å²) in [5.74, 6) is 0.801. The number of rotatable bonds is 4. The van der Waals surface area contributed by atoms with Crippen molar-refractivity contribution in [3.8, 4) is 0 Å². The highest BCUT2D eigenvalue weighted by Crippen LogP contribution is 2.20. The molecule has 2 heterocycles. The minimum atomic E-state index is 0.747. The summed E-state index contributed by atoms with van der Waals surface area (Å²) in [7, 11) is 0. The van der Waals surface area contributed by atoms with Crippen LogP contribution in [0.15, 0.2) is 28.7 Å². The Morgan fingerprint density at radius 2 is 2.20 bits per heavy atom. The summed E-state index contributed by atoms with van der Waals surface area (Å²) in [6.45, 7) is 3.97. The van der Waals surface area contributed by atoms with Crippen LogP contribution in [0, 0.1) is 0 Å². The normalized spacial score (nSPS) is 15.3. The van der Waals surface area contributed by atoms with E-state index in [-0.39, 0.29) is 0 Å². The lowest BCUT2D eigenvalue weighted by molar-refractivity contribution is 0.122. The Bertz CT molecular complexity index is 571. The van der Waals surface area contributed by atoms with Gasteiger partial charge < -0.3 is 15.0 Å². The molecule has 1 fully saturated rings. The van der Waals surface area contributed by atoms with Crippen LogP contribution in [0.1, 0.15) is 5.56 Å². The van der Waals surface area contributed by atoms with Crippen LogP contribution in [0.2, 0.25) is 0 Å². The molecule has 20 heavy (non-hydrogen) atoms. The van der Waals surface area contributed by atoms with Crippen molar-refractivity contribution >= 4 is 38.5 Å². The molecular weight excluding hydrogens is 340 g/mol. The van der Waals surface area contributed by atoms with Crippen LogP contribution < -0.4 is 10.2 Å². The predicted molar refractivity (Wildman–Crippen MR) is 84.4 cm³/mol. The number of anilines is 2. The summed E-state index contributed by atoms with van der Waals surface area (Å²) in [6, 6.07) is 8.23. The van der Waals surface area contributed by atoms with E-state index in [0.717, 1.165) is 48.4 Å². The van der Waals surface area contributed by atoms with E-state index >= 15 is 0 Å². The van der Waals surface area contributed by atoms with Gasteiger partial charge in [-0.1, -0.05) is 28.1 Å². The Hall–Kier alpha value is -1.18. The molecule has 5 nitrogen and oxygen atoms in total. The van der Waals surface area contributed by atoms with Gasteiger partial charge in [-0.3, -0.25) is 0 Å². The summed E-state index contributed by atoms with van der Waals surface area (Å²) in [5, 5.41) is 4.17. The van der Waals surface area contributed by atoms with E-state index in [1.165, 1.54) is 17.1 Å². The number of halogens is 1. The molecule has 0 aliphatic carbocycles. The van der Waals surface area contributed by atoms with Crippen molar-refractivity contribution in [2.24, 2.45) is 0 Å². The van der Waals surface area contributed by atoms with Gasteiger partial charge in [-0.15, -0.1) is 0 Å². The fraction of sp³-hybridized carbons (Fsp3) is 0.385. The van der Waals surface area contributed by atoms with Crippen molar-refractivity contribution in [3.05, 3.63) is 34.3 Å². The molecule has 3 rings (SSSR count). The molecule has 0 unspecified atom stereocenters. The molecule has 1 aromatic carbocycles. The van der Waals surface area contributed by atoms with Gasteiger partial charge in [0.2, 0.25) is 11.1 Å². The minimum Gasteiger partial charge on any atom is -0.378 e. The molecule has 1 saturated heterocycles. The third kappa shape index (κ3) is 3.47. The number of hydrogen-bond donors (Lipinski definition) is 1. The lowest BCUT2D eigenvalue weighted by atomic mass is 10.2. The van der Waals surface area contributed by atoms with Gasteiger partial charge in [-0.2, -0.15) is 9.36 Å². The van der Waals surface area contributed by atoms with Gasteiger partial charge in [-0.25, -0.2) is 0 Å². The smallest absolute Gasteiger partial charge is 0.239 e. The summed E-state index contributed by atoms with van der Waals surface area (Å²) >= 11 is 4.87. The number of benzene rings is 1.